The summed E-state index contributed by atoms with van der Waals surface area (Å²) in [7, 11) is 2.06. The molecule has 133 valence electrons. The Bertz CT molecular complexity index is 1220. The summed E-state index contributed by atoms with van der Waals surface area (Å²) >= 11 is 0. The van der Waals surface area contributed by atoms with Gasteiger partial charge in [-0.3, -0.25) is 0 Å². The summed E-state index contributed by atoms with van der Waals surface area (Å²) in [6.45, 7) is 2.13. The van der Waals surface area contributed by atoms with Gasteiger partial charge in [0.2, 0.25) is 0 Å². The summed E-state index contributed by atoms with van der Waals surface area (Å²) in [4.78, 5) is 4.94. The minimum Gasteiger partial charge on any atom is -0.321 e. The summed E-state index contributed by atoms with van der Waals surface area (Å²) in [5.41, 5.74) is 7.65. The van der Waals surface area contributed by atoms with Gasteiger partial charge in [-0.2, -0.15) is 23.8 Å². The summed E-state index contributed by atoms with van der Waals surface area (Å²) < 4.78 is 2.13. The molecule has 4 aromatic rings. The normalized spacial score (nSPS) is 12.1. The van der Waals surface area contributed by atoms with Crippen molar-refractivity contribution in [2.24, 2.45) is 7.05 Å². The van der Waals surface area contributed by atoms with Crippen molar-refractivity contribution in [2.75, 3.05) is 0 Å². The van der Waals surface area contributed by atoms with Gasteiger partial charge in [0, 0.05) is 44.5 Å². The molecule has 0 spiro atoms. The number of pyridine rings is 2. The van der Waals surface area contributed by atoms with Crippen LogP contribution in [-0.2, 0) is 46.2 Å². The van der Waals surface area contributed by atoms with E-state index in [0.29, 0.717) is 0 Å². The summed E-state index contributed by atoms with van der Waals surface area (Å²) in [5.74, 6) is 0. The molecule has 0 saturated heterocycles. The van der Waals surface area contributed by atoms with Crippen molar-refractivity contribution in [1.29, 1.82) is 0 Å². The van der Waals surface area contributed by atoms with E-state index in [1.54, 1.807) is 0 Å². The minimum atomic E-state index is 0. The topological polar surface area (TPSA) is 16.8 Å². The van der Waals surface area contributed by atoms with Gasteiger partial charge in [0.25, 0.3) is 0 Å². The molecule has 0 aliphatic heterocycles. The Hall–Kier alpha value is -2.16. The van der Waals surface area contributed by atoms with Crippen LogP contribution >= 0.6 is 0 Å². The quantitative estimate of drug-likeness (QED) is 0.324. The van der Waals surface area contributed by atoms with E-state index in [-0.39, 0.29) is 32.7 Å². The minimum absolute atomic E-state index is 0. The number of nitrogens with zero attached hydrogens (tertiary/aromatic N) is 2. The van der Waals surface area contributed by atoms with Crippen molar-refractivity contribution in [3.05, 3.63) is 89.8 Å². The molecule has 5 rings (SSSR count). The Morgan fingerprint density at radius 2 is 1.89 bits per heavy atom. The molecule has 2 aromatic carbocycles. The van der Waals surface area contributed by atoms with Gasteiger partial charge in [-0.1, -0.05) is 53.4 Å². The first-order chi connectivity index (χ1) is 13.2. The average Bonchev–Trinajstić information content (AvgIpc) is 2.69. The smallest absolute Gasteiger partial charge is 0.161 e. The van der Waals surface area contributed by atoms with E-state index in [1.807, 2.05) is 6.07 Å². The molecule has 2 nitrogen and oxygen atoms in total. The van der Waals surface area contributed by atoms with Crippen LogP contribution in [0.5, 0.6) is 0 Å². The monoisotopic (exact) mass is 436 g/mol. The maximum absolute atomic E-state index is 4.94. The second kappa shape index (κ2) is 7.69. The van der Waals surface area contributed by atoms with E-state index in [4.69, 9.17) is 4.98 Å². The summed E-state index contributed by atoms with van der Waals surface area (Å²) in [5, 5.41) is 2.35. The number of hydrogen-bond donors (Lipinski definition) is 0. The van der Waals surface area contributed by atoms with Gasteiger partial charge in [-0.25, -0.2) is 4.57 Å². The van der Waals surface area contributed by atoms with Gasteiger partial charge in [-0.05, 0) is 12.5 Å². The molecule has 0 unspecified atom stereocenters. The van der Waals surface area contributed by atoms with E-state index in [1.165, 1.54) is 16.5 Å². The standard InChI is InChI=1S/C25H19N2.Y/c1-17-12-13-19(15-21(17)24-11-3-4-14-27(24)2)23-16-20-9-5-7-18-8-6-10-22(26-23)25(18)20;/h3-9,11-14H,10H2,1-2H3;/q-1;. The maximum atomic E-state index is 4.94. The van der Waals surface area contributed by atoms with Crippen LogP contribution < -0.4 is 4.57 Å². The van der Waals surface area contributed by atoms with Crippen molar-refractivity contribution in [2.45, 2.75) is 13.3 Å². The molecule has 0 fully saturated rings. The van der Waals surface area contributed by atoms with Gasteiger partial charge >= 0.3 is 0 Å². The molecule has 1 aliphatic carbocycles. The fourth-order valence-electron chi connectivity index (χ4n) is 3.81. The first kappa shape index (κ1) is 19.2. The molecule has 0 N–H and O–H groups in total. The van der Waals surface area contributed by atoms with Crippen molar-refractivity contribution in [1.82, 2.24) is 4.98 Å². The molecular weight excluding hydrogens is 417 g/mol. The fraction of sp³-hybridized carbons (Fsp3) is 0.120. The summed E-state index contributed by atoms with van der Waals surface area (Å²) in [6, 6.07) is 24.0. The predicted molar refractivity (Wildman–Crippen MR) is 109 cm³/mol. The van der Waals surface area contributed by atoms with E-state index in [0.717, 1.165) is 40.0 Å². The molecule has 3 heteroatoms. The molecule has 2 heterocycles. The average molecular weight is 436 g/mol. The SMILES string of the molecule is Cc1ccc(-c2[c-]c3cccc4c3c(n2)CC=C4)[c-]c1-c1cccc[n+]1C.[Y]. The van der Waals surface area contributed by atoms with Crippen LogP contribution in [-0.4, -0.2) is 4.98 Å². The molecule has 1 radical (unpaired) electrons. The van der Waals surface area contributed by atoms with Crippen LogP contribution in [0.1, 0.15) is 16.8 Å². The van der Waals surface area contributed by atoms with E-state index >= 15 is 0 Å². The maximum Gasteiger partial charge on any atom is 0.161 e. The van der Waals surface area contributed by atoms with Crippen LogP contribution in [0.15, 0.2) is 60.8 Å². The van der Waals surface area contributed by atoms with Crippen LogP contribution in [0.4, 0.5) is 0 Å². The van der Waals surface area contributed by atoms with E-state index in [2.05, 4.69) is 91.5 Å². The van der Waals surface area contributed by atoms with Gasteiger partial charge in [0.05, 0.1) is 0 Å². The molecule has 0 saturated carbocycles. The Kier molecular flexibility index (Phi) is 5.27. The van der Waals surface area contributed by atoms with Gasteiger partial charge in [0.1, 0.15) is 12.7 Å². The van der Waals surface area contributed by atoms with Gasteiger partial charge in [0.15, 0.2) is 6.20 Å². The van der Waals surface area contributed by atoms with Crippen molar-refractivity contribution >= 4 is 16.8 Å². The Labute approximate surface area is 190 Å². The number of aromatic nitrogens is 2. The summed E-state index contributed by atoms with van der Waals surface area (Å²) in [6.07, 6.45) is 7.29. The third-order valence-corrected chi connectivity index (χ3v) is 5.21. The Morgan fingerprint density at radius 1 is 1.00 bits per heavy atom. The molecule has 0 bridgehead atoms. The Balaban J connectivity index is 0.00000192. The van der Waals surface area contributed by atoms with E-state index in [9.17, 15) is 0 Å². The number of allylic oxidation sites excluding steroid dienone is 1. The molecule has 0 atom stereocenters. The number of hydrogen-bond acceptors (Lipinski definition) is 1. The number of rotatable bonds is 2. The second-order valence-corrected chi connectivity index (χ2v) is 7.04. The fourth-order valence-corrected chi connectivity index (χ4v) is 3.81. The third kappa shape index (κ3) is 3.25. The zero-order valence-electron chi connectivity index (χ0n) is 16.0. The molecule has 28 heavy (non-hydrogen) atoms. The van der Waals surface area contributed by atoms with Crippen LogP contribution in [0, 0.1) is 19.1 Å². The third-order valence-electron chi connectivity index (χ3n) is 5.21. The first-order valence-corrected chi connectivity index (χ1v) is 9.20. The molecule has 2 aromatic heterocycles. The molecule has 0 amide bonds. The van der Waals surface area contributed by atoms with Crippen molar-refractivity contribution in [3.8, 4) is 22.5 Å². The zero-order chi connectivity index (χ0) is 18.4. The van der Waals surface area contributed by atoms with Crippen molar-refractivity contribution in [3.63, 3.8) is 0 Å². The van der Waals surface area contributed by atoms with Crippen LogP contribution in [0.2, 0.25) is 0 Å². The Morgan fingerprint density at radius 3 is 2.75 bits per heavy atom. The van der Waals surface area contributed by atoms with Crippen LogP contribution in [0.25, 0.3) is 39.4 Å². The number of aryl methyl sites for hydroxylation is 2. The van der Waals surface area contributed by atoms with Gasteiger partial charge < -0.3 is 4.98 Å². The number of benzene rings is 2. The zero-order valence-corrected chi connectivity index (χ0v) is 18.9. The largest absolute Gasteiger partial charge is 0.321 e. The predicted octanol–water partition coefficient (Wildman–Crippen LogP) is 4.87. The van der Waals surface area contributed by atoms with Gasteiger partial charge in [-0.15, -0.1) is 29.1 Å². The second-order valence-electron chi connectivity index (χ2n) is 7.04. The van der Waals surface area contributed by atoms with E-state index < -0.39 is 0 Å². The molecule has 1 aliphatic rings. The first-order valence-electron chi connectivity index (χ1n) is 9.20. The van der Waals surface area contributed by atoms with Crippen molar-refractivity contribution < 1.29 is 37.3 Å². The molecular formula is C25H19N2Y-. The van der Waals surface area contributed by atoms with Crippen LogP contribution in [0.3, 0.4) is 0 Å².